The first kappa shape index (κ1) is 19.3. The van der Waals surface area contributed by atoms with Gasteiger partial charge in [0.1, 0.15) is 0 Å². The van der Waals surface area contributed by atoms with E-state index in [1.54, 1.807) is 0 Å². The number of hydrogen-bond acceptors (Lipinski definition) is 10. The van der Waals surface area contributed by atoms with Crippen molar-refractivity contribution in [2.75, 3.05) is 73.6 Å². The lowest BCUT2D eigenvalue weighted by atomic mass is 10.1. The van der Waals surface area contributed by atoms with Gasteiger partial charge in [-0.1, -0.05) is 12.1 Å². The van der Waals surface area contributed by atoms with Crippen LogP contribution >= 0.6 is 0 Å². The average Bonchev–Trinajstić information content (AvgIpc) is 2.79. The van der Waals surface area contributed by atoms with Crippen LogP contribution in [0.1, 0.15) is 12.5 Å². The maximum absolute atomic E-state index is 5.76. The molecule has 0 radical (unpaired) electrons. The predicted molar refractivity (Wildman–Crippen MR) is 113 cm³/mol. The third-order valence-corrected chi connectivity index (χ3v) is 4.85. The Hall–Kier alpha value is -2.98. The van der Waals surface area contributed by atoms with Gasteiger partial charge in [0, 0.05) is 31.9 Å². The highest BCUT2D eigenvalue weighted by Crippen LogP contribution is 2.19. The first-order valence-corrected chi connectivity index (χ1v) is 9.77. The molecule has 3 N–H and O–H groups in total. The van der Waals surface area contributed by atoms with E-state index >= 15 is 0 Å². The smallest absolute Gasteiger partial charge is 0.250 e. The highest BCUT2D eigenvalue weighted by molar-refractivity contribution is 5.99. The summed E-state index contributed by atoms with van der Waals surface area (Å²) in [5, 5.41) is 4.45. The number of anilines is 4. The van der Waals surface area contributed by atoms with Crippen molar-refractivity contribution in [3.8, 4) is 0 Å². The topological polar surface area (TPSA) is 114 Å². The van der Waals surface area contributed by atoms with Crippen LogP contribution in [0.4, 0.5) is 23.5 Å². The molecule has 2 aliphatic heterocycles. The van der Waals surface area contributed by atoms with Crippen molar-refractivity contribution in [3.63, 3.8) is 0 Å². The minimum absolute atomic E-state index is 0.415. The Labute approximate surface area is 169 Å². The molecule has 0 aliphatic carbocycles. The van der Waals surface area contributed by atoms with Crippen LogP contribution in [0.15, 0.2) is 29.4 Å². The first-order valence-electron chi connectivity index (χ1n) is 9.77. The Balaban J connectivity index is 1.58. The number of ether oxygens (including phenoxy) is 2. The number of rotatable bonds is 5. The molecule has 1 aromatic carbocycles. The highest BCUT2D eigenvalue weighted by Gasteiger charge is 2.20. The van der Waals surface area contributed by atoms with Gasteiger partial charge in [0.2, 0.25) is 17.8 Å². The molecule has 0 atom stereocenters. The zero-order valence-corrected chi connectivity index (χ0v) is 16.5. The first-order chi connectivity index (χ1) is 14.2. The van der Waals surface area contributed by atoms with Crippen molar-refractivity contribution in [2.45, 2.75) is 6.92 Å². The standard InChI is InChI=1S/C19H26N8O2/c1-14(15-2-4-16(20)5-3-15)24-25-17-21-18(26-6-10-28-11-7-26)23-19(22-17)27-8-12-29-13-9-27/h2-5H,6-13,20H2,1H3,(H,21,22,23,25)/b24-14-. The van der Waals surface area contributed by atoms with Crippen molar-refractivity contribution in [3.05, 3.63) is 29.8 Å². The molecule has 0 unspecified atom stereocenters. The second-order valence-corrected chi connectivity index (χ2v) is 6.89. The van der Waals surface area contributed by atoms with E-state index in [0.717, 1.165) is 43.1 Å². The van der Waals surface area contributed by atoms with Crippen molar-refractivity contribution in [1.29, 1.82) is 0 Å². The summed E-state index contributed by atoms with van der Waals surface area (Å²) in [6, 6.07) is 7.57. The minimum Gasteiger partial charge on any atom is -0.399 e. The fourth-order valence-electron chi connectivity index (χ4n) is 3.14. The van der Waals surface area contributed by atoms with E-state index in [2.05, 4.69) is 30.3 Å². The van der Waals surface area contributed by atoms with E-state index < -0.39 is 0 Å². The number of hydrazone groups is 1. The summed E-state index contributed by atoms with van der Waals surface area (Å²) in [4.78, 5) is 18.1. The van der Waals surface area contributed by atoms with E-state index in [-0.39, 0.29) is 0 Å². The number of benzene rings is 1. The Bertz CT molecular complexity index is 810. The molecule has 2 fully saturated rings. The Morgan fingerprint density at radius 2 is 1.41 bits per heavy atom. The fraction of sp³-hybridized carbons (Fsp3) is 0.474. The summed E-state index contributed by atoms with van der Waals surface area (Å²) in [5.41, 5.74) is 11.3. The van der Waals surface area contributed by atoms with Crippen LogP contribution in [-0.4, -0.2) is 73.3 Å². The van der Waals surface area contributed by atoms with Crippen LogP contribution in [0.2, 0.25) is 0 Å². The van der Waals surface area contributed by atoms with Gasteiger partial charge in [0.05, 0.1) is 32.1 Å². The highest BCUT2D eigenvalue weighted by atomic mass is 16.5. The van der Waals surface area contributed by atoms with E-state index in [4.69, 9.17) is 20.2 Å². The third kappa shape index (κ3) is 4.90. The molecule has 10 heteroatoms. The van der Waals surface area contributed by atoms with Crippen molar-refractivity contribution in [2.24, 2.45) is 5.10 Å². The van der Waals surface area contributed by atoms with Gasteiger partial charge < -0.3 is 25.0 Å². The fourth-order valence-corrected chi connectivity index (χ4v) is 3.14. The van der Waals surface area contributed by atoms with Crippen LogP contribution in [-0.2, 0) is 9.47 Å². The SMILES string of the molecule is C/C(=N/Nc1nc(N2CCOCC2)nc(N2CCOCC2)n1)c1ccc(N)cc1. The molecule has 0 bridgehead atoms. The van der Waals surface area contributed by atoms with Gasteiger partial charge in [0.25, 0.3) is 0 Å². The molecule has 154 valence electrons. The van der Waals surface area contributed by atoms with Crippen LogP contribution in [0.3, 0.4) is 0 Å². The van der Waals surface area contributed by atoms with E-state index in [1.807, 2.05) is 31.2 Å². The van der Waals surface area contributed by atoms with Gasteiger partial charge in [-0.2, -0.15) is 20.1 Å². The third-order valence-electron chi connectivity index (χ3n) is 4.85. The minimum atomic E-state index is 0.415. The Kier molecular flexibility index (Phi) is 6.01. The number of hydrogen-bond donors (Lipinski definition) is 2. The van der Waals surface area contributed by atoms with Gasteiger partial charge in [-0.05, 0) is 24.6 Å². The van der Waals surface area contributed by atoms with Gasteiger partial charge >= 0.3 is 0 Å². The van der Waals surface area contributed by atoms with Gasteiger partial charge in [-0.15, -0.1) is 0 Å². The molecule has 2 aliphatic rings. The lowest BCUT2D eigenvalue weighted by molar-refractivity contribution is 0.121. The van der Waals surface area contributed by atoms with Gasteiger partial charge in [-0.3, -0.25) is 0 Å². The molecule has 29 heavy (non-hydrogen) atoms. The summed E-state index contributed by atoms with van der Waals surface area (Å²) < 4.78 is 10.9. The summed E-state index contributed by atoms with van der Waals surface area (Å²) in [6.45, 7) is 7.57. The zero-order valence-electron chi connectivity index (χ0n) is 16.5. The van der Waals surface area contributed by atoms with Crippen LogP contribution < -0.4 is 21.0 Å². The zero-order chi connectivity index (χ0) is 20.1. The largest absolute Gasteiger partial charge is 0.399 e. The Morgan fingerprint density at radius 1 is 0.897 bits per heavy atom. The molecule has 4 rings (SSSR count). The predicted octanol–water partition coefficient (Wildman–Crippen LogP) is 0.963. The number of nitrogen functional groups attached to an aromatic ring is 1. The molecule has 0 saturated carbocycles. The van der Waals surface area contributed by atoms with Gasteiger partial charge in [0.15, 0.2) is 0 Å². The lowest BCUT2D eigenvalue weighted by Crippen LogP contribution is -2.40. The second-order valence-electron chi connectivity index (χ2n) is 6.89. The normalized spacial score (nSPS) is 18.0. The molecular weight excluding hydrogens is 372 g/mol. The second kappa shape index (κ2) is 9.01. The van der Waals surface area contributed by atoms with Crippen LogP contribution in [0.25, 0.3) is 0 Å². The monoisotopic (exact) mass is 398 g/mol. The molecule has 2 aromatic rings. The molecule has 2 saturated heterocycles. The lowest BCUT2D eigenvalue weighted by Gasteiger charge is -2.30. The number of nitrogens with one attached hydrogen (secondary N) is 1. The molecule has 0 spiro atoms. The maximum atomic E-state index is 5.76. The number of nitrogens with zero attached hydrogens (tertiary/aromatic N) is 6. The number of nitrogens with two attached hydrogens (primary N) is 1. The van der Waals surface area contributed by atoms with E-state index in [1.165, 1.54) is 0 Å². The summed E-state index contributed by atoms with van der Waals surface area (Å²) in [5.74, 6) is 1.68. The molecular formula is C19H26N8O2. The van der Waals surface area contributed by atoms with Crippen LogP contribution in [0, 0.1) is 0 Å². The average molecular weight is 398 g/mol. The number of morpholine rings is 2. The van der Waals surface area contributed by atoms with Gasteiger partial charge in [-0.25, -0.2) is 5.43 Å². The van der Waals surface area contributed by atoms with E-state index in [0.29, 0.717) is 44.3 Å². The van der Waals surface area contributed by atoms with Crippen molar-refractivity contribution >= 4 is 29.2 Å². The molecule has 10 nitrogen and oxygen atoms in total. The quantitative estimate of drug-likeness (QED) is 0.432. The van der Waals surface area contributed by atoms with Crippen LogP contribution in [0.5, 0.6) is 0 Å². The van der Waals surface area contributed by atoms with Crippen molar-refractivity contribution in [1.82, 2.24) is 15.0 Å². The summed E-state index contributed by atoms with van der Waals surface area (Å²) in [6.07, 6.45) is 0. The molecule has 1 aromatic heterocycles. The number of aromatic nitrogens is 3. The Morgan fingerprint density at radius 3 is 1.93 bits per heavy atom. The maximum Gasteiger partial charge on any atom is 0.250 e. The molecule has 0 amide bonds. The summed E-state index contributed by atoms with van der Waals surface area (Å²) in [7, 11) is 0. The van der Waals surface area contributed by atoms with Crippen molar-refractivity contribution < 1.29 is 9.47 Å². The summed E-state index contributed by atoms with van der Waals surface area (Å²) >= 11 is 0. The molecule has 3 heterocycles. The van der Waals surface area contributed by atoms with E-state index in [9.17, 15) is 0 Å².